The number of anilines is 2. The van der Waals surface area contributed by atoms with E-state index in [9.17, 15) is 13.2 Å². The highest BCUT2D eigenvalue weighted by Crippen LogP contribution is 2.51. The predicted molar refractivity (Wildman–Crippen MR) is 94.1 cm³/mol. The number of benzene rings is 3. The van der Waals surface area contributed by atoms with E-state index in [1.54, 1.807) is 30.3 Å². The molecule has 3 aromatic rings. The molecule has 0 radical (unpaired) electrons. The number of hydrogen-bond donors (Lipinski definition) is 2. The van der Waals surface area contributed by atoms with Crippen LogP contribution in [0.15, 0.2) is 78.9 Å². The summed E-state index contributed by atoms with van der Waals surface area (Å²) < 4.78 is 43.8. The van der Waals surface area contributed by atoms with Crippen LogP contribution in [0.1, 0.15) is 16.7 Å². The normalized spacial score (nSPS) is 12.1. The minimum atomic E-state index is -4.60. The molecule has 2 nitrogen and oxygen atoms in total. The third-order valence-corrected chi connectivity index (χ3v) is 4.27. The van der Waals surface area contributed by atoms with Gasteiger partial charge in [-0.15, -0.1) is 0 Å². The molecule has 25 heavy (non-hydrogen) atoms. The molecule has 0 aliphatic rings. The third kappa shape index (κ3) is 2.82. The number of halogens is 3. The van der Waals surface area contributed by atoms with Crippen LogP contribution in [0, 0.1) is 0 Å². The zero-order valence-electron chi connectivity index (χ0n) is 13.3. The highest BCUT2D eigenvalue weighted by atomic mass is 19.4. The number of rotatable bonds is 3. The summed E-state index contributed by atoms with van der Waals surface area (Å²) in [5.41, 5.74) is 9.98. The van der Waals surface area contributed by atoms with Gasteiger partial charge >= 0.3 is 6.18 Å². The lowest BCUT2D eigenvalue weighted by Gasteiger charge is -2.37. The number of nitrogens with two attached hydrogens (primary N) is 2. The van der Waals surface area contributed by atoms with Crippen molar-refractivity contribution in [1.82, 2.24) is 0 Å². The number of alkyl halides is 3. The molecule has 0 saturated carbocycles. The van der Waals surface area contributed by atoms with Gasteiger partial charge in [-0.3, -0.25) is 0 Å². The van der Waals surface area contributed by atoms with Crippen molar-refractivity contribution in [2.75, 3.05) is 11.5 Å². The smallest absolute Gasteiger partial charge is 0.399 e. The first-order valence-corrected chi connectivity index (χ1v) is 7.70. The van der Waals surface area contributed by atoms with E-state index in [1.807, 2.05) is 0 Å². The fourth-order valence-corrected chi connectivity index (χ4v) is 3.22. The van der Waals surface area contributed by atoms with E-state index in [0.717, 1.165) is 0 Å². The molecule has 3 aromatic carbocycles. The largest absolute Gasteiger partial charge is 0.406 e. The Balaban J connectivity index is 2.45. The Morgan fingerprint density at radius 2 is 1.00 bits per heavy atom. The van der Waals surface area contributed by atoms with Crippen molar-refractivity contribution in [1.29, 1.82) is 0 Å². The topological polar surface area (TPSA) is 52.0 Å². The Morgan fingerprint density at radius 1 is 0.560 bits per heavy atom. The van der Waals surface area contributed by atoms with Crippen LogP contribution in [-0.2, 0) is 5.41 Å². The molecule has 0 aromatic heterocycles. The van der Waals surface area contributed by atoms with Gasteiger partial charge in [0, 0.05) is 11.4 Å². The van der Waals surface area contributed by atoms with Gasteiger partial charge in [0.15, 0.2) is 0 Å². The Hall–Kier alpha value is -2.95. The van der Waals surface area contributed by atoms with Crippen LogP contribution in [0.25, 0.3) is 0 Å². The van der Waals surface area contributed by atoms with Gasteiger partial charge < -0.3 is 11.5 Å². The second-order valence-electron chi connectivity index (χ2n) is 5.86. The summed E-state index contributed by atoms with van der Waals surface area (Å²) in [7, 11) is 0. The first-order valence-electron chi connectivity index (χ1n) is 7.70. The van der Waals surface area contributed by atoms with E-state index in [4.69, 9.17) is 11.5 Å². The summed E-state index contributed by atoms with van der Waals surface area (Å²) >= 11 is 0. The van der Waals surface area contributed by atoms with Gasteiger partial charge in [0.2, 0.25) is 0 Å². The van der Waals surface area contributed by atoms with Gasteiger partial charge in [0.1, 0.15) is 5.41 Å². The van der Waals surface area contributed by atoms with Crippen LogP contribution in [0.2, 0.25) is 0 Å². The average molecular weight is 342 g/mol. The molecular formula is C20H17F3N2. The van der Waals surface area contributed by atoms with Gasteiger partial charge in [-0.2, -0.15) is 13.2 Å². The lowest BCUT2D eigenvalue weighted by Crippen LogP contribution is -2.44. The van der Waals surface area contributed by atoms with Crippen LogP contribution < -0.4 is 11.5 Å². The Morgan fingerprint density at radius 3 is 1.40 bits per heavy atom. The zero-order chi connectivity index (χ0) is 18.1. The van der Waals surface area contributed by atoms with E-state index in [1.165, 1.54) is 48.5 Å². The summed E-state index contributed by atoms with van der Waals surface area (Å²) in [6, 6.07) is 19.6. The monoisotopic (exact) mass is 342 g/mol. The lowest BCUT2D eigenvalue weighted by molar-refractivity contribution is -0.166. The van der Waals surface area contributed by atoms with Gasteiger partial charge in [0.05, 0.1) is 0 Å². The van der Waals surface area contributed by atoms with E-state index in [-0.39, 0.29) is 28.1 Å². The highest BCUT2D eigenvalue weighted by molar-refractivity contribution is 5.58. The molecule has 0 saturated heterocycles. The van der Waals surface area contributed by atoms with Crippen LogP contribution in [0.3, 0.4) is 0 Å². The molecule has 0 aliphatic carbocycles. The first kappa shape index (κ1) is 16.9. The lowest BCUT2D eigenvalue weighted by atomic mass is 9.68. The van der Waals surface area contributed by atoms with Crippen LogP contribution in [-0.4, -0.2) is 6.18 Å². The van der Waals surface area contributed by atoms with Crippen molar-refractivity contribution in [3.63, 3.8) is 0 Å². The molecule has 128 valence electrons. The fraction of sp³-hybridized carbons (Fsp3) is 0.100. The van der Waals surface area contributed by atoms with Crippen molar-refractivity contribution in [2.45, 2.75) is 11.6 Å². The third-order valence-electron chi connectivity index (χ3n) is 4.27. The molecule has 0 aliphatic heterocycles. The molecule has 4 N–H and O–H groups in total. The molecule has 0 spiro atoms. The van der Waals surface area contributed by atoms with Crippen LogP contribution in [0.5, 0.6) is 0 Å². The summed E-state index contributed by atoms with van der Waals surface area (Å²) in [5.74, 6) is 0. The predicted octanol–water partition coefficient (Wildman–Crippen LogP) is 4.75. The molecule has 3 rings (SSSR count). The number of hydrogen-bond acceptors (Lipinski definition) is 2. The van der Waals surface area contributed by atoms with Crippen LogP contribution >= 0.6 is 0 Å². The SMILES string of the molecule is Nc1cccc(C(c2ccccc2)(c2cccc(N)c2)C(F)(F)F)c1. The van der Waals surface area contributed by atoms with E-state index >= 15 is 0 Å². The molecule has 0 fully saturated rings. The maximum absolute atomic E-state index is 14.6. The molecule has 0 unspecified atom stereocenters. The maximum atomic E-state index is 14.6. The molecule has 0 heterocycles. The van der Waals surface area contributed by atoms with E-state index < -0.39 is 11.6 Å². The summed E-state index contributed by atoms with van der Waals surface area (Å²) in [6.07, 6.45) is -4.60. The Kier molecular flexibility index (Phi) is 4.17. The standard InChI is InChI=1S/C20H17F3N2/c21-20(22,23)19(14-6-2-1-3-7-14,15-8-4-10-17(24)12-15)16-9-5-11-18(25)13-16/h1-13H,24-25H2. The quantitative estimate of drug-likeness (QED) is 0.533. The minimum absolute atomic E-state index is 0.0526. The first-order chi connectivity index (χ1) is 11.9. The number of nitrogen functional groups attached to an aromatic ring is 2. The van der Waals surface area contributed by atoms with Gasteiger partial charge in [-0.1, -0.05) is 54.6 Å². The fourth-order valence-electron chi connectivity index (χ4n) is 3.22. The molecular weight excluding hydrogens is 325 g/mol. The zero-order valence-corrected chi connectivity index (χ0v) is 13.3. The molecule has 0 bridgehead atoms. The summed E-state index contributed by atoms with van der Waals surface area (Å²) in [6.45, 7) is 0. The summed E-state index contributed by atoms with van der Waals surface area (Å²) in [5, 5.41) is 0. The second-order valence-corrected chi connectivity index (χ2v) is 5.86. The Bertz CT molecular complexity index is 828. The molecule has 0 amide bonds. The summed E-state index contributed by atoms with van der Waals surface area (Å²) in [4.78, 5) is 0. The maximum Gasteiger partial charge on any atom is 0.406 e. The van der Waals surface area contributed by atoms with Crippen molar-refractivity contribution < 1.29 is 13.2 Å². The van der Waals surface area contributed by atoms with Gasteiger partial charge in [-0.05, 0) is 41.0 Å². The van der Waals surface area contributed by atoms with Crippen LogP contribution in [0.4, 0.5) is 24.5 Å². The van der Waals surface area contributed by atoms with Crippen molar-refractivity contribution in [2.24, 2.45) is 0 Å². The van der Waals surface area contributed by atoms with Crippen molar-refractivity contribution in [3.8, 4) is 0 Å². The average Bonchev–Trinajstić information content (AvgIpc) is 2.55. The van der Waals surface area contributed by atoms with Crippen molar-refractivity contribution in [3.05, 3.63) is 95.6 Å². The molecule has 0 atom stereocenters. The Labute approximate surface area is 143 Å². The van der Waals surface area contributed by atoms with Gasteiger partial charge in [0.25, 0.3) is 0 Å². The van der Waals surface area contributed by atoms with Crippen molar-refractivity contribution >= 4 is 11.4 Å². The second kappa shape index (κ2) is 6.16. The highest BCUT2D eigenvalue weighted by Gasteiger charge is 2.58. The molecule has 5 heteroatoms. The van der Waals surface area contributed by atoms with Gasteiger partial charge in [-0.25, -0.2) is 0 Å². The van der Waals surface area contributed by atoms with E-state index in [0.29, 0.717) is 0 Å². The minimum Gasteiger partial charge on any atom is -0.399 e. The van der Waals surface area contributed by atoms with E-state index in [2.05, 4.69) is 0 Å².